The molecule has 1 amide bonds. The van der Waals surface area contributed by atoms with Crippen molar-refractivity contribution in [2.75, 3.05) is 27.3 Å². The molecule has 0 radical (unpaired) electrons. The molecule has 6 nitrogen and oxygen atoms in total. The van der Waals surface area contributed by atoms with Crippen molar-refractivity contribution in [2.45, 2.75) is 6.42 Å². The molecule has 1 aromatic rings. The van der Waals surface area contributed by atoms with Gasteiger partial charge in [0.2, 0.25) is 0 Å². The van der Waals surface area contributed by atoms with Crippen LogP contribution in [0.25, 0.3) is 0 Å². The van der Waals surface area contributed by atoms with E-state index in [0.29, 0.717) is 24.3 Å². The molecule has 0 spiro atoms. The number of hydrogen-bond acceptors (Lipinski definition) is 4. The van der Waals surface area contributed by atoms with E-state index in [1.54, 1.807) is 43.3 Å². The molecule has 3 N–H and O–H groups in total. The summed E-state index contributed by atoms with van der Waals surface area (Å²) in [5, 5.41) is 11.5. The third-order valence-corrected chi connectivity index (χ3v) is 2.72. The van der Waals surface area contributed by atoms with Gasteiger partial charge >= 0.3 is 0 Å². The van der Waals surface area contributed by atoms with E-state index in [-0.39, 0.29) is 11.7 Å². The van der Waals surface area contributed by atoms with Crippen molar-refractivity contribution >= 4 is 11.7 Å². The van der Waals surface area contributed by atoms with Crippen LogP contribution in [-0.4, -0.2) is 49.2 Å². The SMILES string of the molecule is COCCCN(C)C(=O)c1ccc(C(N)=NO)cc1. The Morgan fingerprint density at radius 2 is 1.95 bits per heavy atom. The zero-order chi connectivity index (χ0) is 14.3. The van der Waals surface area contributed by atoms with Crippen LogP contribution in [-0.2, 0) is 4.74 Å². The van der Waals surface area contributed by atoms with E-state index in [0.717, 1.165) is 6.42 Å². The van der Waals surface area contributed by atoms with Gasteiger partial charge < -0.3 is 20.6 Å². The predicted octanol–water partition coefficient (Wildman–Crippen LogP) is 0.890. The minimum absolute atomic E-state index is 0.0208. The molecule has 1 aromatic carbocycles. The van der Waals surface area contributed by atoms with Crippen LogP contribution in [0.1, 0.15) is 22.3 Å². The van der Waals surface area contributed by atoms with E-state index in [2.05, 4.69) is 5.16 Å². The van der Waals surface area contributed by atoms with Gasteiger partial charge in [0.25, 0.3) is 5.91 Å². The highest BCUT2D eigenvalue weighted by atomic mass is 16.5. The number of nitrogens with zero attached hydrogens (tertiary/aromatic N) is 2. The van der Waals surface area contributed by atoms with Gasteiger partial charge in [0.05, 0.1) is 0 Å². The monoisotopic (exact) mass is 265 g/mol. The summed E-state index contributed by atoms with van der Waals surface area (Å²) in [6.45, 7) is 1.26. The third-order valence-electron chi connectivity index (χ3n) is 2.72. The Morgan fingerprint density at radius 3 is 2.47 bits per heavy atom. The van der Waals surface area contributed by atoms with Crippen molar-refractivity contribution in [1.29, 1.82) is 0 Å². The maximum atomic E-state index is 12.1. The molecule has 0 unspecified atom stereocenters. The van der Waals surface area contributed by atoms with Crippen LogP contribution in [0.4, 0.5) is 0 Å². The van der Waals surface area contributed by atoms with Crippen LogP contribution >= 0.6 is 0 Å². The van der Waals surface area contributed by atoms with E-state index < -0.39 is 0 Å². The van der Waals surface area contributed by atoms with Crippen LogP contribution < -0.4 is 5.73 Å². The van der Waals surface area contributed by atoms with Crippen molar-refractivity contribution in [3.05, 3.63) is 35.4 Å². The fourth-order valence-electron chi connectivity index (χ4n) is 1.61. The minimum Gasteiger partial charge on any atom is -0.409 e. The number of hydrogen-bond donors (Lipinski definition) is 2. The third kappa shape index (κ3) is 4.26. The first-order valence-corrected chi connectivity index (χ1v) is 5.92. The molecule has 0 saturated heterocycles. The highest BCUT2D eigenvalue weighted by Crippen LogP contribution is 2.07. The Morgan fingerprint density at radius 1 is 1.37 bits per heavy atom. The average molecular weight is 265 g/mol. The largest absolute Gasteiger partial charge is 0.409 e. The summed E-state index contributed by atoms with van der Waals surface area (Å²) in [6.07, 6.45) is 0.793. The Bertz CT molecular complexity index is 443. The van der Waals surface area contributed by atoms with Crippen molar-refractivity contribution in [3.63, 3.8) is 0 Å². The molecule has 0 atom stereocenters. The molecule has 0 fully saturated rings. The summed E-state index contributed by atoms with van der Waals surface area (Å²) in [6, 6.07) is 6.60. The highest BCUT2D eigenvalue weighted by molar-refractivity contribution is 5.99. The lowest BCUT2D eigenvalue weighted by Gasteiger charge is -2.17. The normalized spacial score (nSPS) is 11.4. The van der Waals surface area contributed by atoms with E-state index in [1.165, 1.54) is 0 Å². The van der Waals surface area contributed by atoms with E-state index in [4.69, 9.17) is 15.7 Å². The Kier molecular flexibility index (Phi) is 5.81. The Hall–Kier alpha value is -2.08. The summed E-state index contributed by atoms with van der Waals surface area (Å²) in [5.41, 5.74) is 6.59. The van der Waals surface area contributed by atoms with Crippen LogP contribution in [0.2, 0.25) is 0 Å². The number of ether oxygens (including phenoxy) is 1. The molecule has 0 saturated carbocycles. The number of benzene rings is 1. The summed E-state index contributed by atoms with van der Waals surface area (Å²) in [4.78, 5) is 13.7. The first-order chi connectivity index (χ1) is 9.10. The number of oxime groups is 1. The number of amides is 1. The predicted molar refractivity (Wildman–Crippen MR) is 72.4 cm³/mol. The molecule has 0 aliphatic carbocycles. The average Bonchev–Trinajstić information content (AvgIpc) is 2.46. The molecule has 1 rings (SSSR count). The molecular formula is C13H19N3O3. The summed E-state index contributed by atoms with van der Waals surface area (Å²) in [7, 11) is 3.38. The van der Waals surface area contributed by atoms with Crippen molar-refractivity contribution in [2.24, 2.45) is 10.9 Å². The number of methoxy groups -OCH3 is 1. The smallest absolute Gasteiger partial charge is 0.253 e. The summed E-state index contributed by atoms with van der Waals surface area (Å²) < 4.78 is 4.94. The number of nitrogens with two attached hydrogens (primary N) is 1. The highest BCUT2D eigenvalue weighted by Gasteiger charge is 2.11. The van der Waals surface area contributed by atoms with Crippen molar-refractivity contribution in [3.8, 4) is 0 Å². The number of carbonyl (C=O) groups excluding carboxylic acids is 1. The quantitative estimate of drug-likeness (QED) is 0.263. The topological polar surface area (TPSA) is 88.2 Å². The molecule has 6 heteroatoms. The molecule has 0 heterocycles. The van der Waals surface area contributed by atoms with Crippen molar-refractivity contribution < 1.29 is 14.7 Å². The van der Waals surface area contributed by atoms with Crippen LogP contribution in [0.3, 0.4) is 0 Å². The summed E-state index contributed by atoms with van der Waals surface area (Å²) in [5.74, 6) is -0.0467. The van der Waals surface area contributed by atoms with Gasteiger partial charge in [-0.1, -0.05) is 17.3 Å². The van der Waals surface area contributed by atoms with Gasteiger partial charge in [-0.15, -0.1) is 0 Å². The molecule has 0 bridgehead atoms. The van der Waals surface area contributed by atoms with Gasteiger partial charge in [0.15, 0.2) is 5.84 Å². The molecule has 104 valence electrons. The zero-order valence-corrected chi connectivity index (χ0v) is 11.2. The minimum atomic E-state index is -0.0674. The number of amidine groups is 1. The lowest BCUT2D eigenvalue weighted by Crippen LogP contribution is -2.28. The lowest BCUT2D eigenvalue weighted by molar-refractivity contribution is 0.0779. The first-order valence-electron chi connectivity index (χ1n) is 5.92. The second-order valence-corrected chi connectivity index (χ2v) is 4.14. The van der Waals surface area contributed by atoms with Crippen LogP contribution in [0.15, 0.2) is 29.4 Å². The fraction of sp³-hybridized carbons (Fsp3) is 0.385. The van der Waals surface area contributed by atoms with Gasteiger partial charge in [-0.05, 0) is 18.6 Å². The standard InChI is InChI=1S/C13H19N3O3/c1-16(8-3-9-19-2)13(17)11-6-4-10(5-7-11)12(14)15-18/h4-7,18H,3,8-9H2,1-2H3,(H2,14,15). The Balaban J connectivity index is 2.67. The maximum Gasteiger partial charge on any atom is 0.253 e. The van der Waals surface area contributed by atoms with Gasteiger partial charge in [-0.3, -0.25) is 4.79 Å². The van der Waals surface area contributed by atoms with Crippen LogP contribution in [0.5, 0.6) is 0 Å². The molecule has 19 heavy (non-hydrogen) atoms. The molecule has 0 aromatic heterocycles. The second kappa shape index (κ2) is 7.38. The van der Waals surface area contributed by atoms with Gasteiger partial charge in [0, 0.05) is 38.4 Å². The lowest BCUT2D eigenvalue weighted by atomic mass is 10.1. The molecule has 0 aliphatic rings. The van der Waals surface area contributed by atoms with Crippen LogP contribution in [0, 0.1) is 0 Å². The zero-order valence-electron chi connectivity index (χ0n) is 11.2. The molecule has 0 aliphatic heterocycles. The van der Waals surface area contributed by atoms with Crippen molar-refractivity contribution in [1.82, 2.24) is 4.90 Å². The van der Waals surface area contributed by atoms with Gasteiger partial charge in [-0.2, -0.15) is 0 Å². The summed E-state index contributed by atoms with van der Waals surface area (Å²) >= 11 is 0. The van der Waals surface area contributed by atoms with E-state index in [1.807, 2.05) is 0 Å². The van der Waals surface area contributed by atoms with Gasteiger partial charge in [-0.25, -0.2) is 0 Å². The van der Waals surface area contributed by atoms with E-state index >= 15 is 0 Å². The molecular weight excluding hydrogens is 246 g/mol. The fourth-order valence-corrected chi connectivity index (χ4v) is 1.61. The van der Waals surface area contributed by atoms with E-state index in [9.17, 15) is 4.79 Å². The first kappa shape index (κ1) is 15.0. The van der Waals surface area contributed by atoms with Gasteiger partial charge in [0.1, 0.15) is 0 Å². The number of carbonyl (C=O) groups is 1. The maximum absolute atomic E-state index is 12.1. The Labute approximate surface area is 112 Å². The number of rotatable bonds is 6. The second-order valence-electron chi connectivity index (χ2n) is 4.14.